The summed E-state index contributed by atoms with van der Waals surface area (Å²) in [7, 11) is 0. The average Bonchev–Trinajstić information content (AvgIpc) is 2.28. The van der Waals surface area contributed by atoms with Gasteiger partial charge < -0.3 is 11.1 Å². The maximum atomic E-state index is 11.3. The van der Waals surface area contributed by atoms with E-state index in [1.165, 1.54) is 0 Å². The highest BCUT2D eigenvalue weighted by Gasteiger charge is 2.43. The van der Waals surface area contributed by atoms with E-state index in [9.17, 15) is 9.59 Å². The lowest BCUT2D eigenvalue weighted by molar-refractivity contribution is -0.131. The first kappa shape index (κ1) is 7.58. The lowest BCUT2D eigenvalue weighted by Gasteiger charge is -2.22. The van der Waals surface area contributed by atoms with Gasteiger partial charge in [0.05, 0.1) is 5.92 Å². The molecular formula is C8H12N2O2. The molecule has 2 bridgehead atoms. The fraction of sp³-hybridized carbons (Fsp3) is 0.750. The number of primary amides is 1. The number of nitrogens with one attached hydrogen (secondary N) is 1. The number of carbonyl (C=O) groups is 2. The lowest BCUT2D eigenvalue weighted by atomic mass is 9.80. The fourth-order valence-electron chi connectivity index (χ4n) is 2.24. The van der Waals surface area contributed by atoms with Gasteiger partial charge in [0, 0.05) is 12.0 Å². The van der Waals surface area contributed by atoms with Gasteiger partial charge in [0.2, 0.25) is 11.8 Å². The minimum Gasteiger partial charge on any atom is -0.369 e. The van der Waals surface area contributed by atoms with Crippen LogP contribution < -0.4 is 11.1 Å². The number of amides is 2. The molecule has 2 aliphatic rings. The third-order valence-electron chi connectivity index (χ3n) is 2.90. The van der Waals surface area contributed by atoms with Crippen LogP contribution in [-0.4, -0.2) is 17.9 Å². The molecule has 0 aromatic heterocycles. The second kappa shape index (κ2) is 2.47. The maximum Gasteiger partial charge on any atom is 0.224 e. The fourth-order valence-corrected chi connectivity index (χ4v) is 2.24. The molecule has 1 aliphatic carbocycles. The molecule has 12 heavy (non-hydrogen) atoms. The van der Waals surface area contributed by atoms with Crippen LogP contribution in [0.25, 0.3) is 0 Å². The number of hydrogen-bond acceptors (Lipinski definition) is 2. The van der Waals surface area contributed by atoms with Gasteiger partial charge in [-0.05, 0) is 19.3 Å². The molecule has 2 rings (SSSR count). The van der Waals surface area contributed by atoms with E-state index in [0.29, 0.717) is 6.04 Å². The quantitative estimate of drug-likeness (QED) is 0.548. The van der Waals surface area contributed by atoms with Crippen molar-refractivity contribution in [2.45, 2.75) is 25.3 Å². The van der Waals surface area contributed by atoms with Crippen LogP contribution in [0, 0.1) is 11.8 Å². The Hall–Kier alpha value is -1.06. The van der Waals surface area contributed by atoms with E-state index in [0.717, 1.165) is 19.3 Å². The van der Waals surface area contributed by atoms with Crippen LogP contribution in [0.4, 0.5) is 0 Å². The van der Waals surface area contributed by atoms with Gasteiger partial charge in [0.1, 0.15) is 0 Å². The SMILES string of the molecule is NC(=O)C1CCC2CC1C(=O)N2. The van der Waals surface area contributed by atoms with Crippen molar-refractivity contribution in [2.75, 3.05) is 0 Å². The van der Waals surface area contributed by atoms with Gasteiger partial charge in [0.15, 0.2) is 0 Å². The van der Waals surface area contributed by atoms with Crippen LogP contribution in [0.3, 0.4) is 0 Å². The largest absolute Gasteiger partial charge is 0.369 e. The van der Waals surface area contributed by atoms with Gasteiger partial charge in [0.25, 0.3) is 0 Å². The summed E-state index contributed by atoms with van der Waals surface area (Å²) in [5, 5.41) is 2.85. The summed E-state index contributed by atoms with van der Waals surface area (Å²) >= 11 is 0. The zero-order valence-electron chi connectivity index (χ0n) is 6.75. The van der Waals surface area contributed by atoms with Gasteiger partial charge in [-0.2, -0.15) is 0 Å². The molecule has 0 aromatic carbocycles. The Labute approximate surface area is 70.5 Å². The maximum absolute atomic E-state index is 11.3. The van der Waals surface area contributed by atoms with Gasteiger partial charge in [-0.3, -0.25) is 9.59 Å². The topological polar surface area (TPSA) is 72.2 Å². The molecule has 0 radical (unpaired) electrons. The molecule has 1 saturated heterocycles. The van der Waals surface area contributed by atoms with E-state index < -0.39 is 0 Å². The molecule has 3 N–H and O–H groups in total. The summed E-state index contributed by atoms with van der Waals surface area (Å²) in [6, 6.07) is 0.304. The van der Waals surface area contributed by atoms with Crippen molar-refractivity contribution in [1.29, 1.82) is 0 Å². The molecule has 0 spiro atoms. The molecule has 2 amide bonds. The molecule has 4 heteroatoms. The number of carbonyl (C=O) groups excluding carboxylic acids is 2. The molecule has 1 aliphatic heterocycles. The monoisotopic (exact) mass is 168 g/mol. The van der Waals surface area contributed by atoms with Crippen molar-refractivity contribution < 1.29 is 9.59 Å². The first-order valence-electron chi connectivity index (χ1n) is 4.28. The van der Waals surface area contributed by atoms with Crippen molar-refractivity contribution >= 4 is 11.8 Å². The molecule has 66 valence electrons. The Kier molecular flexibility index (Phi) is 1.56. The minimum absolute atomic E-state index is 0.0151. The van der Waals surface area contributed by atoms with Crippen LogP contribution in [0.5, 0.6) is 0 Å². The Morgan fingerprint density at radius 1 is 1.50 bits per heavy atom. The summed E-state index contributed by atoms with van der Waals surface area (Å²) in [4.78, 5) is 22.2. The van der Waals surface area contributed by atoms with Crippen LogP contribution in [0.1, 0.15) is 19.3 Å². The van der Waals surface area contributed by atoms with Crippen LogP contribution >= 0.6 is 0 Å². The lowest BCUT2D eigenvalue weighted by Crippen LogP contribution is -2.34. The van der Waals surface area contributed by atoms with Gasteiger partial charge in [-0.15, -0.1) is 0 Å². The van der Waals surface area contributed by atoms with E-state index in [1.807, 2.05) is 0 Å². The van der Waals surface area contributed by atoms with Crippen molar-refractivity contribution in [3.8, 4) is 0 Å². The predicted molar refractivity (Wildman–Crippen MR) is 42.0 cm³/mol. The Balaban J connectivity index is 2.18. The summed E-state index contributed by atoms with van der Waals surface area (Å²) < 4.78 is 0. The Morgan fingerprint density at radius 2 is 2.25 bits per heavy atom. The van der Waals surface area contributed by atoms with E-state index >= 15 is 0 Å². The second-order valence-corrected chi connectivity index (χ2v) is 3.63. The number of nitrogens with two attached hydrogens (primary N) is 1. The summed E-state index contributed by atoms with van der Waals surface area (Å²) in [6.45, 7) is 0. The van der Waals surface area contributed by atoms with E-state index in [1.54, 1.807) is 0 Å². The smallest absolute Gasteiger partial charge is 0.224 e. The predicted octanol–water partition coefficient (Wildman–Crippen LogP) is -0.614. The molecule has 1 heterocycles. The average molecular weight is 168 g/mol. The van der Waals surface area contributed by atoms with E-state index in [4.69, 9.17) is 5.73 Å². The van der Waals surface area contributed by atoms with Crippen LogP contribution in [0.2, 0.25) is 0 Å². The van der Waals surface area contributed by atoms with Crippen molar-refractivity contribution in [3.05, 3.63) is 0 Å². The van der Waals surface area contributed by atoms with Gasteiger partial charge in [-0.1, -0.05) is 0 Å². The van der Waals surface area contributed by atoms with Crippen LogP contribution in [-0.2, 0) is 9.59 Å². The summed E-state index contributed by atoms with van der Waals surface area (Å²) in [5.74, 6) is -0.665. The summed E-state index contributed by atoms with van der Waals surface area (Å²) in [6.07, 6.45) is 2.46. The van der Waals surface area contributed by atoms with Crippen molar-refractivity contribution in [1.82, 2.24) is 5.32 Å². The highest BCUT2D eigenvalue weighted by molar-refractivity contribution is 5.89. The highest BCUT2D eigenvalue weighted by Crippen LogP contribution is 2.34. The van der Waals surface area contributed by atoms with E-state index in [2.05, 4.69) is 5.32 Å². The van der Waals surface area contributed by atoms with Crippen molar-refractivity contribution in [3.63, 3.8) is 0 Å². The minimum atomic E-state index is -0.324. The zero-order valence-corrected chi connectivity index (χ0v) is 6.75. The van der Waals surface area contributed by atoms with Gasteiger partial charge >= 0.3 is 0 Å². The molecule has 1 saturated carbocycles. The molecular weight excluding hydrogens is 156 g/mol. The Bertz CT molecular complexity index is 239. The van der Waals surface area contributed by atoms with Crippen LogP contribution in [0.15, 0.2) is 0 Å². The second-order valence-electron chi connectivity index (χ2n) is 3.63. The Morgan fingerprint density at radius 3 is 2.92 bits per heavy atom. The third-order valence-corrected chi connectivity index (χ3v) is 2.90. The first-order valence-corrected chi connectivity index (χ1v) is 4.28. The summed E-state index contributed by atoms with van der Waals surface area (Å²) in [5.41, 5.74) is 5.19. The molecule has 4 nitrogen and oxygen atoms in total. The first-order chi connectivity index (χ1) is 5.68. The highest BCUT2D eigenvalue weighted by atomic mass is 16.2. The number of hydrogen-bond donors (Lipinski definition) is 2. The standard InChI is InChI=1S/C8H12N2O2/c9-7(11)5-2-1-4-3-6(5)8(12)10-4/h4-6H,1-3H2,(H2,9,11)(H,10,12). The number of fused-ring (bicyclic) bond motifs is 2. The normalized spacial score (nSPS) is 39.3. The van der Waals surface area contributed by atoms with Crippen molar-refractivity contribution in [2.24, 2.45) is 17.6 Å². The molecule has 3 atom stereocenters. The third kappa shape index (κ3) is 0.983. The van der Waals surface area contributed by atoms with E-state index in [-0.39, 0.29) is 23.7 Å². The molecule has 3 unspecified atom stereocenters. The van der Waals surface area contributed by atoms with Gasteiger partial charge in [-0.25, -0.2) is 0 Å². The molecule has 2 fully saturated rings. The zero-order chi connectivity index (χ0) is 8.72. The number of rotatable bonds is 1. The molecule has 0 aromatic rings.